The summed E-state index contributed by atoms with van der Waals surface area (Å²) in [7, 11) is 0. The zero-order valence-corrected chi connectivity index (χ0v) is 17.4. The molecule has 0 spiro atoms. The SMILES string of the molecule is CCNC(=NCC1(O)CCCCC1)N1CCN(CC(=O)N2CCOCC2)CC1. The number of amides is 1. The molecule has 1 saturated carbocycles. The van der Waals surface area contributed by atoms with Gasteiger partial charge in [0, 0.05) is 45.8 Å². The van der Waals surface area contributed by atoms with E-state index in [2.05, 4.69) is 22.0 Å². The highest BCUT2D eigenvalue weighted by atomic mass is 16.5. The highest BCUT2D eigenvalue weighted by Crippen LogP contribution is 2.28. The minimum atomic E-state index is -0.634. The van der Waals surface area contributed by atoms with Gasteiger partial charge < -0.3 is 25.0 Å². The lowest BCUT2D eigenvalue weighted by Gasteiger charge is -2.38. The molecule has 0 atom stereocenters. The Balaban J connectivity index is 1.48. The number of piperazine rings is 1. The van der Waals surface area contributed by atoms with Crippen LogP contribution in [0.1, 0.15) is 39.0 Å². The largest absolute Gasteiger partial charge is 0.388 e. The first-order valence-corrected chi connectivity index (χ1v) is 10.9. The molecule has 0 radical (unpaired) electrons. The summed E-state index contributed by atoms with van der Waals surface area (Å²) in [6, 6.07) is 0. The molecule has 2 heterocycles. The highest BCUT2D eigenvalue weighted by Gasteiger charge is 2.30. The number of hydrogen-bond acceptors (Lipinski definition) is 5. The number of nitrogens with one attached hydrogen (secondary N) is 1. The van der Waals surface area contributed by atoms with Crippen molar-refractivity contribution >= 4 is 11.9 Å². The normalized spacial score (nSPS) is 24.3. The number of nitrogens with zero attached hydrogens (tertiary/aromatic N) is 4. The molecule has 2 N–H and O–H groups in total. The van der Waals surface area contributed by atoms with Gasteiger partial charge in [0.15, 0.2) is 5.96 Å². The van der Waals surface area contributed by atoms with Gasteiger partial charge in [-0.15, -0.1) is 0 Å². The van der Waals surface area contributed by atoms with Crippen LogP contribution in [0.2, 0.25) is 0 Å². The van der Waals surface area contributed by atoms with Crippen LogP contribution in [0.3, 0.4) is 0 Å². The minimum absolute atomic E-state index is 0.205. The fourth-order valence-electron chi connectivity index (χ4n) is 4.24. The van der Waals surface area contributed by atoms with Gasteiger partial charge in [-0.1, -0.05) is 19.3 Å². The second kappa shape index (κ2) is 10.4. The number of morpholine rings is 1. The molecular weight excluding hydrogens is 358 g/mol. The highest BCUT2D eigenvalue weighted by molar-refractivity contribution is 5.80. The Morgan fingerprint density at radius 2 is 1.71 bits per heavy atom. The van der Waals surface area contributed by atoms with Crippen molar-refractivity contribution in [2.75, 3.05) is 72.1 Å². The van der Waals surface area contributed by atoms with Gasteiger partial charge in [0.05, 0.1) is 31.9 Å². The van der Waals surface area contributed by atoms with Crippen molar-refractivity contribution in [1.29, 1.82) is 0 Å². The Labute approximate surface area is 168 Å². The maximum absolute atomic E-state index is 12.4. The molecule has 160 valence electrons. The van der Waals surface area contributed by atoms with Crippen molar-refractivity contribution < 1.29 is 14.6 Å². The average molecular weight is 396 g/mol. The molecule has 0 bridgehead atoms. The lowest BCUT2D eigenvalue weighted by molar-refractivity contribution is -0.136. The molecule has 1 aliphatic carbocycles. The Morgan fingerprint density at radius 1 is 1.04 bits per heavy atom. The number of aliphatic imine (C=N–C) groups is 1. The monoisotopic (exact) mass is 395 g/mol. The van der Waals surface area contributed by atoms with Gasteiger partial charge in [0.25, 0.3) is 0 Å². The maximum atomic E-state index is 12.4. The minimum Gasteiger partial charge on any atom is -0.388 e. The van der Waals surface area contributed by atoms with Crippen LogP contribution in [0.25, 0.3) is 0 Å². The van der Waals surface area contributed by atoms with Gasteiger partial charge in [-0.3, -0.25) is 14.7 Å². The fourth-order valence-corrected chi connectivity index (χ4v) is 4.24. The van der Waals surface area contributed by atoms with Gasteiger partial charge in [0.1, 0.15) is 0 Å². The molecule has 1 amide bonds. The molecule has 3 aliphatic rings. The number of rotatable bonds is 5. The van der Waals surface area contributed by atoms with E-state index in [1.165, 1.54) is 6.42 Å². The molecule has 0 unspecified atom stereocenters. The van der Waals surface area contributed by atoms with E-state index in [1.54, 1.807) is 0 Å². The summed E-state index contributed by atoms with van der Waals surface area (Å²) in [6.45, 7) is 9.96. The van der Waals surface area contributed by atoms with Crippen LogP contribution < -0.4 is 5.32 Å². The number of aliphatic hydroxyl groups is 1. The first kappa shape index (κ1) is 21.3. The number of ether oxygens (including phenoxy) is 1. The third-order valence-corrected chi connectivity index (χ3v) is 6.04. The topological polar surface area (TPSA) is 80.6 Å². The van der Waals surface area contributed by atoms with E-state index >= 15 is 0 Å². The molecule has 8 nitrogen and oxygen atoms in total. The predicted octanol–water partition coefficient (Wildman–Crippen LogP) is 0.124. The summed E-state index contributed by atoms with van der Waals surface area (Å²) in [4.78, 5) is 23.6. The zero-order valence-electron chi connectivity index (χ0n) is 17.4. The van der Waals surface area contributed by atoms with E-state index < -0.39 is 5.60 Å². The smallest absolute Gasteiger partial charge is 0.236 e. The van der Waals surface area contributed by atoms with Crippen LogP contribution in [0.4, 0.5) is 0 Å². The van der Waals surface area contributed by atoms with Gasteiger partial charge >= 0.3 is 0 Å². The van der Waals surface area contributed by atoms with Crippen LogP contribution in [-0.2, 0) is 9.53 Å². The van der Waals surface area contributed by atoms with Gasteiger partial charge in [-0.2, -0.15) is 0 Å². The predicted molar refractivity (Wildman–Crippen MR) is 109 cm³/mol. The van der Waals surface area contributed by atoms with E-state index in [9.17, 15) is 9.90 Å². The Morgan fingerprint density at radius 3 is 2.36 bits per heavy atom. The first-order chi connectivity index (χ1) is 13.6. The Bertz CT molecular complexity index is 522. The third kappa shape index (κ3) is 6.06. The van der Waals surface area contributed by atoms with E-state index in [-0.39, 0.29) is 5.91 Å². The van der Waals surface area contributed by atoms with Crippen molar-refractivity contribution in [2.45, 2.75) is 44.6 Å². The standard InChI is InChI=1S/C20H37N5O3/c1-2-21-19(22-17-20(27)6-4-3-5-7-20)25-10-8-23(9-11-25)16-18(26)24-12-14-28-15-13-24/h27H,2-17H2,1H3,(H,21,22). The molecule has 0 aromatic heterocycles. The van der Waals surface area contributed by atoms with Gasteiger partial charge in [-0.05, 0) is 19.8 Å². The Hall–Kier alpha value is -1.38. The van der Waals surface area contributed by atoms with E-state index in [0.29, 0.717) is 39.4 Å². The third-order valence-electron chi connectivity index (χ3n) is 6.04. The van der Waals surface area contributed by atoms with Gasteiger partial charge in [-0.25, -0.2) is 0 Å². The summed E-state index contributed by atoms with van der Waals surface area (Å²) >= 11 is 0. The fraction of sp³-hybridized carbons (Fsp3) is 0.900. The average Bonchev–Trinajstić information content (AvgIpc) is 2.73. The van der Waals surface area contributed by atoms with Crippen molar-refractivity contribution in [2.24, 2.45) is 4.99 Å². The molecule has 28 heavy (non-hydrogen) atoms. The maximum Gasteiger partial charge on any atom is 0.236 e. The molecule has 3 fully saturated rings. The first-order valence-electron chi connectivity index (χ1n) is 10.9. The van der Waals surface area contributed by atoms with E-state index in [1.807, 2.05) is 4.90 Å². The molecular formula is C20H37N5O3. The lowest BCUT2D eigenvalue weighted by Crippen LogP contribution is -2.55. The molecule has 8 heteroatoms. The van der Waals surface area contributed by atoms with E-state index in [0.717, 1.165) is 64.4 Å². The van der Waals surface area contributed by atoms with Crippen LogP contribution in [-0.4, -0.2) is 109 Å². The number of hydrogen-bond donors (Lipinski definition) is 2. The zero-order chi connectivity index (χ0) is 19.8. The van der Waals surface area contributed by atoms with Crippen molar-refractivity contribution in [3.8, 4) is 0 Å². The molecule has 0 aromatic rings. The van der Waals surface area contributed by atoms with Crippen LogP contribution in [0, 0.1) is 0 Å². The summed E-state index contributed by atoms with van der Waals surface area (Å²) in [5.41, 5.74) is -0.634. The molecule has 0 aromatic carbocycles. The summed E-state index contributed by atoms with van der Waals surface area (Å²) in [6.07, 6.45) is 5.12. The molecule has 2 aliphatic heterocycles. The number of carbonyl (C=O) groups is 1. The van der Waals surface area contributed by atoms with Crippen molar-refractivity contribution in [3.63, 3.8) is 0 Å². The van der Waals surface area contributed by atoms with Crippen LogP contribution >= 0.6 is 0 Å². The summed E-state index contributed by atoms with van der Waals surface area (Å²) in [5.74, 6) is 1.09. The van der Waals surface area contributed by atoms with Crippen LogP contribution in [0.15, 0.2) is 4.99 Å². The number of carbonyl (C=O) groups excluding carboxylic acids is 1. The second-order valence-corrected chi connectivity index (χ2v) is 8.21. The molecule has 2 saturated heterocycles. The van der Waals surface area contributed by atoms with E-state index in [4.69, 9.17) is 9.73 Å². The van der Waals surface area contributed by atoms with Crippen LogP contribution in [0.5, 0.6) is 0 Å². The Kier molecular flexibility index (Phi) is 7.93. The van der Waals surface area contributed by atoms with Crippen molar-refractivity contribution in [1.82, 2.24) is 20.0 Å². The second-order valence-electron chi connectivity index (χ2n) is 8.21. The number of guanidine groups is 1. The quantitative estimate of drug-likeness (QED) is 0.509. The van der Waals surface area contributed by atoms with Gasteiger partial charge in [0.2, 0.25) is 5.91 Å². The summed E-state index contributed by atoms with van der Waals surface area (Å²) in [5, 5.41) is 14.1. The molecule has 3 rings (SSSR count). The van der Waals surface area contributed by atoms with Crippen molar-refractivity contribution in [3.05, 3.63) is 0 Å². The lowest BCUT2D eigenvalue weighted by atomic mass is 9.85. The summed E-state index contributed by atoms with van der Waals surface area (Å²) < 4.78 is 5.32.